The summed E-state index contributed by atoms with van der Waals surface area (Å²) in [5, 5.41) is 4.82. The first kappa shape index (κ1) is 12.7. The average Bonchev–Trinajstić information content (AvgIpc) is 2.64. The quantitative estimate of drug-likeness (QED) is 0.436. The highest BCUT2D eigenvalue weighted by Crippen LogP contribution is 1.93. The van der Waals surface area contributed by atoms with E-state index >= 15 is 0 Å². The van der Waals surface area contributed by atoms with E-state index in [1.807, 2.05) is 0 Å². The maximum Gasteiger partial charge on any atom is 0.330 e. The van der Waals surface area contributed by atoms with Gasteiger partial charge in [-0.2, -0.15) is 0 Å². The maximum absolute atomic E-state index is 10.9. The number of carbonyl (C=O) groups is 1. The number of aromatic nitrogens is 1. The van der Waals surface area contributed by atoms with Crippen molar-refractivity contribution in [3.05, 3.63) is 32.9 Å². The van der Waals surface area contributed by atoms with Crippen LogP contribution in [0.1, 0.15) is 12.6 Å². The van der Waals surface area contributed by atoms with Crippen LogP contribution < -0.4 is 10.2 Å². The number of hydrogen-bond donors (Lipinski definition) is 2. The van der Waals surface area contributed by atoms with Crippen molar-refractivity contribution in [1.82, 2.24) is 10.3 Å². The zero-order chi connectivity index (χ0) is 11.8. The fourth-order valence-corrected chi connectivity index (χ4v) is 1.62. The molecule has 0 unspecified atom stereocenters. The Bertz CT molecular complexity index is 408. The Morgan fingerprint density at radius 2 is 2.50 bits per heavy atom. The molecule has 0 aliphatic heterocycles. The molecule has 1 aromatic rings. The summed E-state index contributed by atoms with van der Waals surface area (Å²) in [7, 11) is 0. The second kappa shape index (κ2) is 6.97. The highest BCUT2D eigenvalue weighted by Gasteiger charge is 1.95. The molecule has 0 aromatic carbocycles. The number of rotatable bonds is 6. The molecule has 0 saturated heterocycles. The summed E-state index contributed by atoms with van der Waals surface area (Å²) in [6, 6.07) is 0. The van der Waals surface area contributed by atoms with Crippen LogP contribution in [0.15, 0.2) is 22.3 Å². The molecule has 5 nitrogen and oxygen atoms in total. The van der Waals surface area contributed by atoms with Gasteiger partial charge in [0, 0.05) is 30.2 Å². The van der Waals surface area contributed by atoms with Crippen LogP contribution in [0.3, 0.4) is 0 Å². The van der Waals surface area contributed by atoms with Gasteiger partial charge in [-0.05, 0) is 6.92 Å². The van der Waals surface area contributed by atoms with Gasteiger partial charge in [-0.1, -0.05) is 17.4 Å². The molecule has 16 heavy (non-hydrogen) atoms. The van der Waals surface area contributed by atoms with Crippen LogP contribution in [0.2, 0.25) is 0 Å². The largest absolute Gasteiger partial charge is 0.463 e. The summed E-state index contributed by atoms with van der Waals surface area (Å²) in [5.41, 5.74) is 0.847. The minimum absolute atomic E-state index is 0.0566. The lowest BCUT2D eigenvalue weighted by Crippen LogP contribution is -2.14. The predicted molar refractivity (Wildman–Crippen MR) is 62.4 cm³/mol. The molecule has 1 rings (SSSR count). The van der Waals surface area contributed by atoms with Crippen molar-refractivity contribution >= 4 is 17.3 Å². The summed E-state index contributed by atoms with van der Waals surface area (Å²) in [6.07, 6.45) is 3.06. The smallest absolute Gasteiger partial charge is 0.330 e. The highest BCUT2D eigenvalue weighted by atomic mass is 32.1. The molecule has 0 fully saturated rings. The van der Waals surface area contributed by atoms with Crippen molar-refractivity contribution in [3.63, 3.8) is 0 Å². The summed E-state index contributed by atoms with van der Waals surface area (Å²) >= 11 is 1.14. The number of hydrogen-bond acceptors (Lipinski definition) is 5. The van der Waals surface area contributed by atoms with Gasteiger partial charge in [0.05, 0.1) is 6.61 Å². The molecule has 0 amide bonds. The third-order valence-electron chi connectivity index (χ3n) is 1.69. The molecule has 88 valence electrons. The Labute approximate surface area is 97.1 Å². The monoisotopic (exact) mass is 242 g/mol. The van der Waals surface area contributed by atoms with Crippen molar-refractivity contribution in [1.29, 1.82) is 0 Å². The highest BCUT2D eigenvalue weighted by molar-refractivity contribution is 7.07. The zero-order valence-corrected chi connectivity index (χ0v) is 9.80. The van der Waals surface area contributed by atoms with Crippen LogP contribution in [0.5, 0.6) is 0 Å². The molecule has 0 radical (unpaired) electrons. The molecule has 0 bridgehead atoms. The predicted octanol–water partition coefficient (Wildman–Crippen LogP) is 0.645. The fraction of sp³-hybridized carbons (Fsp3) is 0.400. The lowest BCUT2D eigenvalue weighted by Gasteiger charge is -1.98. The zero-order valence-electron chi connectivity index (χ0n) is 8.99. The van der Waals surface area contributed by atoms with E-state index in [4.69, 9.17) is 4.74 Å². The molecule has 0 saturated carbocycles. The second-order valence-corrected chi connectivity index (χ2v) is 3.80. The van der Waals surface area contributed by atoms with Crippen molar-refractivity contribution in [2.75, 3.05) is 13.2 Å². The van der Waals surface area contributed by atoms with Crippen LogP contribution in [-0.2, 0) is 16.1 Å². The fourth-order valence-electron chi connectivity index (χ4n) is 1.04. The van der Waals surface area contributed by atoms with E-state index in [0.717, 1.165) is 17.0 Å². The van der Waals surface area contributed by atoms with Crippen LogP contribution in [0.4, 0.5) is 0 Å². The van der Waals surface area contributed by atoms with Gasteiger partial charge in [0.25, 0.3) is 0 Å². The van der Waals surface area contributed by atoms with Gasteiger partial charge in [0.2, 0.25) is 0 Å². The van der Waals surface area contributed by atoms with Crippen molar-refractivity contribution < 1.29 is 9.53 Å². The Balaban J connectivity index is 2.16. The van der Waals surface area contributed by atoms with Crippen LogP contribution in [0.25, 0.3) is 0 Å². The van der Waals surface area contributed by atoms with Crippen molar-refractivity contribution in [2.24, 2.45) is 0 Å². The van der Waals surface area contributed by atoms with Crippen LogP contribution >= 0.6 is 11.3 Å². The van der Waals surface area contributed by atoms with Gasteiger partial charge in [0.15, 0.2) is 0 Å². The van der Waals surface area contributed by atoms with Gasteiger partial charge in [0.1, 0.15) is 0 Å². The summed E-state index contributed by atoms with van der Waals surface area (Å²) in [5.74, 6) is -0.340. The van der Waals surface area contributed by atoms with E-state index in [2.05, 4.69) is 10.3 Å². The Kier molecular flexibility index (Phi) is 5.52. The van der Waals surface area contributed by atoms with Crippen molar-refractivity contribution in [2.45, 2.75) is 13.5 Å². The third kappa shape index (κ3) is 4.90. The Morgan fingerprint density at radius 3 is 3.12 bits per heavy atom. The van der Waals surface area contributed by atoms with E-state index in [0.29, 0.717) is 19.7 Å². The van der Waals surface area contributed by atoms with E-state index in [9.17, 15) is 9.59 Å². The van der Waals surface area contributed by atoms with Gasteiger partial charge in [-0.25, -0.2) is 4.79 Å². The molecule has 2 N–H and O–H groups in total. The van der Waals surface area contributed by atoms with Gasteiger partial charge >= 0.3 is 10.8 Å². The molecular weight excluding hydrogens is 228 g/mol. The summed E-state index contributed by atoms with van der Waals surface area (Å²) in [4.78, 5) is 24.3. The van der Waals surface area contributed by atoms with E-state index in [1.165, 1.54) is 6.08 Å². The SMILES string of the molecule is CCOC(=O)/C=C/CNCc1csc(=O)[nH]1. The molecule has 6 heteroatoms. The van der Waals surface area contributed by atoms with Crippen molar-refractivity contribution in [3.8, 4) is 0 Å². The van der Waals surface area contributed by atoms with Gasteiger partial charge in [-0.15, -0.1) is 0 Å². The number of H-pyrrole nitrogens is 1. The molecule has 0 aliphatic rings. The number of aromatic amines is 1. The van der Waals surface area contributed by atoms with E-state index in [-0.39, 0.29) is 10.8 Å². The number of nitrogens with one attached hydrogen (secondary N) is 2. The minimum Gasteiger partial charge on any atom is -0.463 e. The first-order valence-corrected chi connectivity index (χ1v) is 5.81. The Hall–Kier alpha value is -1.40. The molecule has 0 aliphatic carbocycles. The summed E-state index contributed by atoms with van der Waals surface area (Å²) < 4.78 is 4.71. The number of ether oxygens (including phenoxy) is 1. The lowest BCUT2D eigenvalue weighted by molar-refractivity contribution is -0.137. The molecule has 0 atom stereocenters. The maximum atomic E-state index is 10.9. The van der Waals surface area contributed by atoms with E-state index in [1.54, 1.807) is 18.4 Å². The molecular formula is C10H14N2O3S. The third-order valence-corrected chi connectivity index (χ3v) is 2.41. The van der Waals surface area contributed by atoms with Crippen LogP contribution in [-0.4, -0.2) is 24.1 Å². The van der Waals surface area contributed by atoms with E-state index < -0.39 is 0 Å². The molecule has 1 heterocycles. The standard InChI is InChI=1S/C10H14N2O3S/c1-2-15-9(13)4-3-5-11-6-8-7-16-10(14)12-8/h3-4,7,11H,2,5-6H2,1H3,(H,12,14)/b4-3+. The van der Waals surface area contributed by atoms with Crippen LogP contribution in [0, 0.1) is 0 Å². The minimum atomic E-state index is -0.340. The number of carbonyl (C=O) groups excluding carboxylic acids is 1. The number of esters is 1. The topological polar surface area (TPSA) is 71.2 Å². The normalized spacial score (nSPS) is 10.8. The first-order chi connectivity index (χ1) is 7.72. The van der Waals surface area contributed by atoms with Gasteiger partial charge in [-0.3, -0.25) is 4.79 Å². The number of thiazole rings is 1. The lowest BCUT2D eigenvalue weighted by atomic mass is 10.4. The molecule has 1 aromatic heterocycles. The average molecular weight is 242 g/mol. The second-order valence-electron chi connectivity index (χ2n) is 2.96. The summed E-state index contributed by atoms with van der Waals surface area (Å²) in [6.45, 7) is 3.27. The molecule has 0 spiro atoms. The van der Waals surface area contributed by atoms with Gasteiger partial charge < -0.3 is 15.0 Å². The first-order valence-electron chi connectivity index (χ1n) is 4.93. The Morgan fingerprint density at radius 1 is 1.69 bits per heavy atom.